The molecule has 0 radical (unpaired) electrons. The molecule has 32 heavy (non-hydrogen) atoms. The first-order valence-electron chi connectivity index (χ1n) is 4.86. The minimum absolute atomic E-state index is 1.41. The van der Waals surface area contributed by atoms with Gasteiger partial charge in [0.15, 0.2) is 0 Å². The van der Waals surface area contributed by atoms with E-state index < -0.39 is 121 Å². The molecule has 0 fully saturated rings. The molecule has 1 atom stereocenters. The topological polar surface area (TPSA) is 364 Å². The van der Waals surface area contributed by atoms with Crippen LogP contribution in [0.2, 0.25) is 0 Å². The number of rotatable bonds is 2. The van der Waals surface area contributed by atoms with Crippen LogP contribution in [0.4, 0.5) is 16.9 Å². The monoisotopic (exact) mass is 1170 g/mol. The normalized spacial score (nSPS) is 13.0. The van der Waals surface area contributed by atoms with Gasteiger partial charge in [0.25, 0.3) is 0 Å². The summed E-state index contributed by atoms with van der Waals surface area (Å²) >= 11 is -35.2. The molecular weight excluding hydrogens is 1160 g/mol. The Morgan fingerprint density at radius 2 is 0.531 bits per heavy atom. The Bertz CT molecular complexity index is 585. The summed E-state index contributed by atoms with van der Waals surface area (Å²) in [5.41, 5.74) is 0. The van der Waals surface area contributed by atoms with Gasteiger partial charge < -0.3 is 0 Å². The van der Waals surface area contributed by atoms with E-state index in [1.54, 1.807) is 0 Å². The van der Waals surface area contributed by atoms with E-state index in [2.05, 4.69) is 3.12 Å². The summed E-state index contributed by atoms with van der Waals surface area (Å²) in [6.07, 6.45) is 0. The second-order valence-corrected chi connectivity index (χ2v) is 19.5. The summed E-state index contributed by atoms with van der Waals surface area (Å²) in [4.78, 5) is 8.80. The molecule has 0 saturated carbocycles. The van der Waals surface area contributed by atoms with E-state index in [4.69, 9.17) is 57.2 Å². The Hall–Kier alpha value is 2.25. The fraction of sp³-hybridized carbons (Fsp3) is 0. The van der Waals surface area contributed by atoms with E-state index in [1.165, 1.54) is 5.34 Å². The number of hydrogen-bond acceptors (Lipinski definition) is 9. The molecule has 0 amide bonds. The van der Waals surface area contributed by atoms with E-state index in [-0.39, 0.29) is 0 Å². The molecule has 0 aliphatic rings. The first-order valence-corrected chi connectivity index (χ1v) is 30.5. The summed E-state index contributed by atoms with van der Waals surface area (Å²) < 4.78 is 197. The van der Waals surface area contributed by atoms with Crippen molar-refractivity contribution in [2.45, 2.75) is 0 Å². The molecule has 11 N–H and O–H groups in total. The van der Waals surface area contributed by atoms with Gasteiger partial charge in [-0.15, -0.1) is 0 Å². The molecule has 0 aliphatic carbocycles. The fourth-order valence-electron chi connectivity index (χ4n) is 0.0411. The Kier molecular flexibility index (Phi) is 31.6. The molecule has 202 valence electrons. The predicted octanol–water partition coefficient (Wildman–Crippen LogP) is -6.45. The first kappa shape index (κ1) is 47.4. The molecule has 20 nitrogen and oxygen atoms in total. The first-order chi connectivity index (χ1) is 13.1. The van der Waals surface area contributed by atoms with Crippen LogP contribution in [0.1, 0.15) is 0 Å². The van der Waals surface area contributed by atoms with Crippen molar-refractivity contribution in [3.8, 4) is 0 Å². The second-order valence-electron chi connectivity index (χ2n) is 2.97. The molecule has 0 saturated heterocycles. The van der Waals surface area contributed by atoms with Crippen molar-refractivity contribution in [2.75, 3.05) is 0 Å². The molecule has 0 aromatic rings. The average molecular weight is 1170 g/mol. The van der Waals surface area contributed by atoms with Crippen LogP contribution in [0, 0.1) is 4.91 Å². The molecular formula is H11F6NO19Sb6. The molecule has 0 spiro atoms. The van der Waals surface area contributed by atoms with E-state index >= 15 is 0 Å². The van der Waals surface area contributed by atoms with Gasteiger partial charge in [0.1, 0.15) is 0 Å². The molecule has 0 aromatic heterocycles. The molecule has 0 rings (SSSR count). The SMILES string of the molecule is O=N[O][Sb](=[O])([OH])[F].[O]=[Sb]([OH])([OH])[F].[O]=[Sb]([OH])([OH])[F].[O]=[Sb]([OH])([OH])[F].[O]=[Sb]([OH])([OH])[F].[O]=[Sb]([OH])([OH])[F]. The minimum atomic E-state index is -5.92. The van der Waals surface area contributed by atoms with Crippen molar-refractivity contribution in [2.24, 2.45) is 5.34 Å². The quantitative estimate of drug-likeness (QED) is 0.0530. The standard InChI is InChI=1S/6FH.HNO2.11H2O.6O.6Sb/c;;;;;;2-1-3;;;;;;;;;;;;;;;;;;;;;;;/h6*1H;(H,2,3);11*1H2;;;;;;;;;;;;/q;;;;;;;;;;;;;;;;;;;;;;;;6*+3/p-18. The molecule has 0 heterocycles. The van der Waals surface area contributed by atoms with Crippen molar-refractivity contribution in [3.05, 3.63) is 4.91 Å². The summed E-state index contributed by atoms with van der Waals surface area (Å²) in [6, 6.07) is 0. The average Bonchev–Trinajstić information content (AvgIpc) is 2.12. The third-order valence-electron chi connectivity index (χ3n) is 0.134. The van der Waals surface area contributed by atoms with Crippen LogP contribution in [-0.4, -0.2) is 159 Å². The Balaban J connectivity index is -0.0000000637. The van der Waals surface area contributed by atoms with Crippen molar-refractivity contribution >= 4 is 121 Å². The van der Waals surface area contributed by atoms with E-state index in [0.29, 0.717) is 0 Å². The van der Waals surface area contributed by atoms with E-state index in [9.17, 15) is 19.9 Å². The summed E-state index contributed by atoms with van der Waals surface area (Å²) in [5.74, 6) is 0. The van der Waals surface area contributed by atoms with Gasteiger partial charge in [0.2, 0.25) is 0 Å². The Morgan fingerprint density at radius 1 is 0.438 bits per heavy atom. The molecule has 1 unspecified atom stereocenters. The Morgan fingerprint density at radius 3 is 0.531 bits per heavy atom. The molecule has 0 bridgehead atoms. The van der Waals surface area contributed by atoms with Gasteiger partial charge in [0, 0.05) is 0 Å². The van der Waals surface area contributed by atoms with Gasteiger partial charge >= 0.3 is 207 Å². The Labute approximate surface area is 203 Å². The van der Waals surface area contributed by atoms with Crippen molar-refractivity contribution < 1.29 is 75.3 Å². The molecule has 0 aromatic carbocycles. The zero-order chi connectivity index (χ0) is 28.4. The van der Waals surface area contributed by atoms with Gasteiger partial charge in [-0.2, -0.15) is 0 Å². The van der Waals surface area contributed by atoms with Gasteiger partial charge in [-0.1, -0.05) is 0 Å². The van der Waals surface area contributed by atoms with Crippen LogP contribution in [0.15, 0.2) is 5.34 Å². The zero-order valence-corrected chi connectivity index (χ0v) is 28.9. The summed E-state index contributed by atoms with van der Waals surface area (Å²) in [6.45, 7) is 0. The van der Waals surface area contributed by atoms with Gasteiger partial charge in [0.05, 0.1) is 0 Å². The van der Waals surface area contributed by atoms with E-state index in [0.717, 1.165) is 0 Å². The van der Waals surface area contributed by atoms with Gasteiger partial charge in [-0.3, -0.25) is 0 Å². The maximum atomic E-state index is 11.1. The summed E-state index contributed by atoms with van der Waals surface area (Å²) in [7, 11) is 0. The zero-order valence-electron chi connectivity index (χ0n) is 13.6. The predicted molar refractivity (Wildman–Crippen MR) is 76.6 cm³/mol. The molecule has 32 heteroatoms. The third kappa shape index (κ3) is 806. The van der Waals surface area contributed by atoms with Gasteiger partial charge in [-0.05, 0) is 0 Å². The van der Waals surface area contributed by atoms with Crippen LogP contribution >= 0.6 is 0 Å². The van der Waals surface area contributed by atoms with Crippen LogP contribution in [0.25, 0.3) is 0 Å². The number of halogens is 6. The van der Waals surface area contributed by atoms with E-state index in [1.807, 2.05) is 0 Å². The van der Waals surface area contributed by atoms with Crippen LogP contribution in [0.3, 0.4) is 0 Å². The van der Waals surface area contributed by atoms with Crippen LogP contribution in [-0.2, 0) is 21.2 Å². The molecule has 0 aliphatic heterocycles. The van der Waals surface area contributed by atoms with Crippen LogP contribution in [0.5, 0.6) is 0 Å². The fourth-order valence-corrected chi connectivity index (χ4v) is 0.276. The van der Waals surface area contributed by atoms with Gasteiger partial charge in [-0.25, -0.2) is 0 Å². The second kappa shape index (κ2) is 21.3. The van der Waals surface area contributed by atoms with Crippen molar-refractivity contribution in [1.82, 2.24) is 0 Å². The van der Waals surface area contributed by atoms with Crippen molar-refractivity contribution in [1.29, 1.82) is 0 Å². The number of nitrogens with zero attached hydrogens (tertiary/aromatic N) is 1. The number of hydrogen-bond donors (Lipinski definition) is 11. The third-order valence-corrected chi connectivity index (χ3v) is 0.899. The van der Waals surface area contributed by atoms with Crippen molar-refractivity contribution in [3.63, 3.8) is 0 Å². The summed E-state index contributed by atoms with van der Waals surface area (Å²) in [5, 5.41) is 1.41. The van der Waals surface area contributed by atoms with Crippen LogP contribution < -0.4 is 0 Å². The maximum absolute atomic E-state index is 11.1.